The quantitative estimate of drug-likeness (QED) is 0.909. The van der Waals surface area contributed by atoms with E-state index in [2.05, 4.69) is 29.0 Å². The summed E-state index contributed by atoms with van der Waals surface area (Å²) in [4.78, 5) is 21.1. The predicted molar refractivity (Wildman–Crippen MR) is 81.0 cm³/mol. The van der Waals surface area contributed by atoms with Crippen LogP contribution in [0.15, 0.2) is 18.5 Å². The van der Waals surface area contributed by atoms with E-state index >= 15 is 0 Å². The van der Waals surface area contributed by atoms with Crippen LogP contribution < -0.4 is 5.32 Å². The highest BCUT2D eigenvalue weighted by molar-refractivity contribution is 5.99. The Labute approximate surface area is 121 Å². The Morgan fingerprint density at radius 2 is 2.25 bits per heavy atom. The number of piperazine rings is 1. The lowest BCUT2D eigenvalue weighted by molar-refractivity contribution is 0.0529. The van der Waals surface area contributed by atoms with E-state index in [1.807, 2.05) is 11.8 Å². The number of anilines is 1. The van der Waals surface area contributed by atoms with Crippen molar-refractivity contribution >= 4 is 11.6 Å². The number of hydrogen-bond acceptors (Lipinski definition) is 4. The third kappa shape index (κ3) is 3.10. The molecule has 1 aromatic heterocycles. The molecule has 1 aliphatic heterocycles. The third-order valence-electron chi connectivity index (χ3n) is 3.88. The minimum Gasteiger partial charge on any atom is -0.383 e. The molecule has 110 valence electrons. The van der Waals surface area contributed by atoms with Gasteiger partial charge in [0.2, 0.25) is 0 Å². The Bertz CT molecular complexity index is 463. The molecule has 0 aromatic carbocycles. The van der Waals surface area contributed by atoms with Crippen molar-refractivity contribution in [3.63, 3.8) is 0 Å². The number of carbonyl (C=O) groups is 1. The number of likely N-dealkylation sites (N-methyl/N-ethyl adjacent to an activating group) is 1. The van der Waals surface area contributed by atoms with E-state index in [1.54, 1.807) is 18.5 Å². The summed E-state index contributed by atoms with van der Waals surface area (Å²) in [6, 6.07) is 2.22. The second-order valence-corrected chi connectivity index (χ2v) is 5.18. The Morgan fingerprint density at radius 1 is 1.45 bits per heavy atom. The molecule has 1 aliphatic rings. The summed E-state index contributed by atoms with van der Waals surface area (Å²) in [5, 5.41) is 3.21. The van der Waals surface area contributed by atoms with Gasteiger partial charge in [-0.2, -0.15) is 0 Å². The van der Waals surface area contributed by atoms with Crippen molar-refractivity contribution in [2.75, 3.05) is 38.0 Å². The molecule has 20 heavy (non-hydrogen) atoms. The number of nitrogens with zero attached hydrogens (tertiary/aromatic N) is 3. The van der Waals surface area contributed by atoms with E-state index in [1.165, 1.54) is 0 Å². The van der Waals surface area contributed by atoms with Gasteiger partial charge in [-0.15, -0.1) is 0 Å². The Hall–Kier alpha value is -1.62. The summed E-state index contributed by atoms with van der Waals surface area (Å²) in [5.41, 5.74) is 1.55. The summed E-state index contributed by atoms with van der Waals surface area (Å²) in [6.07, 6.45) is 3.41. The molecule has 1 aromatic rings. The van der Waals surface area contributed by atoms with Crippen molar-refractivity contribution in [2.24, 2.45) is 0 Å². The highest BCUT2D eigenvalue weighted by Gasteiger charge is 2.27. The van der Waals surface area contributed by atoms with E-state index in [0.717, 1.165) is 44.0 Å². The predicted octanol–water partition coefficient (Wildman–Crippen LogP) is 1.68. The second kappa shape index (κ2) is 6.70. The lowest BCUT2D eigenvalue weighted by Crippen LogP contribution is -2.53. The molecule has 2 heterocycles. The van der Waals surface area contributed by atoms with Gasteiger partial charge in [0.05, 0.1) is 17.4 Å². The molecule has 0 radical (unpaired) electrons. The summed E-state index contributed by atoms with van der Waals surface area (Å²) in [6.45, 7) is 10.7. The van der Waals surface area contributed by atoms with Crippen molar-refractivity contribution in [1.29, 1.82) is 0 Å². The number of aromatic nitrogens is 1. The molecular weight excluding hydrogens is 252 g/mol. The van der Waals surface area contributed by atoms with Crippen LogP contribution in [0.4, 0.5) is 5.69 Å². The summed E-state index contributed by atoms with van der Waals surface area (Å²) in [7, 11) is 0. The number of rotatable bonds is 4. The van der Waals surface area contributed by atoms with Crippen molar-refractivity contribution in [1.82, 2.24) is 14.8 Å². The highest BCUT2D eigenvalue weighted by atomic mass is 16.2. The normalized spacial score (nSPS) is 19.9. The Kier molecular flexibility index (Phi) is 4.95. The van der Waals surface area contributed by atoms with E-state index in [4.69, 9.17) is 0 Å². The van der Waals surface area contributed by atoms with Crippen LogP contribution >= 0.6 is 0 Å². The Morgan fingerprint density at radius 3 is 2.90 bits per heavy atom. The minimum absolute atomic E-state index is 0.103. The molecule has 0 saturated carbocycles. The molecule has 1 atom stereocenters. The van der Waals surface area contributed by atoms with Crippen LogP contribution in [0.5, 0.6) is 0 Å². The Balaban J connectivity index is 2.12. The number of pyridine rings is 1. The molecule has 1 saturated heterocycles. The van der Waals surface area contributed by atoms with Crippen molar-refractivity contribution in [3.05, 3.63) is 24.0 Å². The van der Waals surface area contributed by atoms with Crippen LogP contribution in [0.25, 0.3) is 0 Å². The molecule has 0 spiro atoms. The monoisotopic (exact) mass is 276 g/mol. The topological polar surface area (TPSA) is 48.5 Å². The molecule has 0 aliphatic carbocycles. The number of nitrogens with one attached hydrogen (secondary N) is 1. The van der Waals surface area contributed by atoms with Gasteiger partial charge >= 0.3 is 0 Å². The summed E-state index contributed by atoms with van der Waals surface area (Å²) < 4.78 is 0. The molecule has 1 amide bonds. The van der Waals surface area contributed by atoms with Crippen molar-refractivity contribution in [2.45, 2.75) is 26.8 Å². The number of carbonyl (C=O) groups excluding carboxylic acids is 1. The maximum atomic E-state index is 12.7. The van der Waals surface area contributed by atoms with Crippen molar-refractivity contribution < 1.29 is 4.79 Å². The zero-order chi connectivity index (χ0) is 14.5. The van der Waals surface area contributed by atoms with Gasteiger partial charge < -0.3 is 10.2 Å². The first kappa shape index (κ1) is 14.8. The largest absolute Gasteiger partial charge is 0.383 e. The molecule has 1 unspecified atom stereocenters. The van der Waals surface area contributed by atoms with E-state index in [9.17, 15) is 4.79 Å². The first-order valence-electron chi connectivity index (χ1n) is 7.38. The van der Waals surface area contributed by atoms with Gasteiger partial charge in [0.15, 0.2) is 0 Å². The zero-order valence-corrected chi connectivity index (χ0v) is 12.6. The standard InChI is InChI=1S/C15H24N4O/c1-4-17-14-10-16-7-6-13(14)15(20)19-9-8-18(5-2)12(3)11-19/h6-7,10,12,17H,4-5,8-9,11H2,1-3H3. The van der Waals surface area contributed by atoms with Crippen molar-refractivity contribution in [3.8, 4) is 0 Å². The minimum atomic E-state index is 0.103. The first-order chi connectivity index (χ1) is 9.67. The van der Waals surface area contributed by atoms with Crippen LogP contribution in [0.2, 0.25) is 0 Å². The zero-order valence-electron chi connectivity index (χ0n) is 12.6. The van der Waals surface area contributed by atoms with Gasteiger partial charge in [0, 0.05) is 38.4 Å². The SMILES string of the molecule is CCNc1cnccc1C(=O)N1CCN(CC)C(C)C1. The molecule has 1 N–H and O–H groups in total. The van der Waals surface area contributed by atoms with Gasteiger partial charge in [-0.1, -0.05) is 6.92 Å². The van der Waals surface area contributed by atoms with Crippen LogP contribution in [-0.2, 0) is 0 Å². The lowest BCUT2D eigenvalue weighted by atomic mass is 10.1. The summed E-state index contributed by atoms with van der Waals surface area (Å²) >= 11 is 0. The molecule has 0 bridgehead atoms. The van der Waals surface area contributed by atoms with Gasteiger partial charge in [0.25, 0.3) is 5.91 Å². The van der Waals surface area contributed by atoms with Crippen LogP contribution in [0.1, 0.15) is 31.1 Å². The fraction of sp³-hybridized carbons (Fsp3) is 0.600. The fourth-order valence-corrected chi connectivity index (χ4v) is 2.73. The number of amides is 1. The van der Waals surface area contributed by atoms with E-state index < -0.39 is 0 Å². The smallest absolute Gasteiger partial charge is 0.256 e. The van der Waals surface area contributed by atoms with Crippen LogP contribution in [0, 0.1) is 0 Å². The van der Waals surface area contributed by atoms with Gasteiger partial charge in [-0.3, -0.25) is 14.7 Å². The molecule has 5 heteroatoms. The van der Waals surface area contributed by atoms with Gasteiger partial charge in [0.1, 0.15) is 0 Å². The maximum Gasteiger partial charge on any atom is 0.256 e. The van der Waals surface area contributed by atoms with Gasteiger partial charge in [-0.05, 0) is 26.5 Å². The molecule has 5 nitrogen and oxygen atoms in total. The second-order valence-electron chi connectivity index (χ2n) is 5.18. The van der Waals surface area contributed by atoms with E-state index in [0.29, 0.717) is 6.04 Å². The maximum absolute atomic E-state index is 12.7. The van der Waals surface area contributed by atoms with Gasteiger partial charge in [-0.25, -0.2) is 0 Å². The average Bonchev–Trinajstić information content (AvgIpc) is 2.47. The van der Waals surface area contributed by atoms with Crippen LogP contribution in [0.3, 0.4) is 0 Å². The molecule has 2 rings (SSSR count). The lowest BCUT2D eigenvalue weighted by Gasteiger charge is -2.39. The molecule has 1 fully saturated rings. The van der Waals surface area contributed by atoms with E-state index in [-0.39, 0.29) is 5.91 Å². The highest BCUT2D eigenvalue weighted by Crippen LogP contribution is 2.18. The third-order valence-corrected chi connectivity index (χ3v) is 3.88. The summed E-state index contributed by atoms with van der Waals surface area (Å²) in [5.74, 6) is 0.103. The average molecular weight is 276 g/mol. The molecular formula is C15H24N4O. The van der Waals surface area contributed by atoms with Crippen LogP contribution in [-0.4, -0.2) is 59.5 Å². The number of hydrogen-bond donors (Lipinski definition) is 1. The fourth-order valence-electron chi connectivity index (χ4n) is 2.73. The first-order valence-corrected chi connectivity index (χ1v) is 7.38.